The normalized spacial score (nSPS) is 18.9. The number of aromatic nitrogens is 1. The van der Waals surface area contributed by atoms with Crippen molar-refractivity contribution in [1.29, 1.82) is 0 Å². The number of nitrogens with zero attached hydrogens (tertiary/aromatic N) is 3. The highest BCUT2D eigenvalue weighted by Gasteiger charge is 2.19. The topological polar surface area (TPSA) is 52.6 Å². The number of halogens is 2. The van der Waals surface area contributed by atoms with E-state index in [9.17, 15) is 0 Å². The second kappa shape index (κ2) is 10.2. The molecule has 0 radical (unpaired) electrons. The fourth-order valence-electron chi connectivity index (χ4n) is 2.53. The van der Waals surface area contributed by atoms with Gasteiger partial charge in [0.25, 0.3) is 0 Å². The number of hydrogen-bond donors (Lipinski definition) is 2. The van der Waals surface area contributed by atoms with Gasteiger partial charge in [-0.25, -0.2) is 4.98 Å². The number of pyridine rings is 1. The van der Waals surface area contributed by atoms with Crippen molar-refractivity contribution in [2.45, 2.75) is 12.8 Å². The fourth-order valence-corrected chi connectivity index (χ4v) is 2.65. The molecule has 0 bridgehead atoms. The molecule has 1 fully saturated rings. The molecule has 22 heavy (non-hydrogen) atoms. The van der Waals surface area contributed by atoms with Crippen LogP contribution in [0, 0.1) is 5.92 Å². The number of nitrogens with one attached hydrogen (secondary N) is 2. The van der Waals surface area contributed by atoms with Crippen LogP contribution in [0.15, 0.2) is 23.3 Å². The van der Waals surface area contributed by atoms with Crippen molar-refractivity contribution in [3.05, 3.63) is 29.0 Å². The molecule has 124 valence electrons. The molecule has 1 aliphatic rings. The molecule has 0 spiro atoms. The average Bonchev–Trinajstić information content (AvgIpc) is 2.90. The van der Waals surface area contributed by atoms with Crippen molar-refractivity contribution in [2.24, 2.45) is 10.9 Å². The van der Waals surface area contributed by atoms with Crippen molar-refractivity contribution >= 4 is 41.5 Å². The van der Waals surface area contributed by atoms with Gasteiger partial charge in [0, 0.05) is 32.9 Å². The van der Waals surface area contributed by atoms with Gasteiger partial charge < -0.3 is 15.5 Å². The molecule has 5 nitrogen and oxygen atoms in total. The Kier molecular flexibility index (Phi) is 9.04. The maximum absolute atomic E-state index is 5.77. The summed E-state index contributed by atoms with van der Waals surface area (Å²) in [6.07, 6.45) is 3.97. The Morgan fingerprint density at radius 1 is 1.45 bits per heavy atom. The summed E-state index contributed by atoms with van der Waals surface area (Å²) in [7, 11) is 3.98. The van der Waals surface area contributed by atoms with Gasteiger partial charge in [-0.05, 0) is 44.0 Å². The Morgan fingerprint density at radius 3 is 2.86 bits per heavy atom. The van der Waals surface area contributed by atoms with Crippen LogP contribution in [0.5, 0.6) is 0 Å². The van der Waals surface area contributed by atoms with Crippen molar-refractivity contribution in [3.63, 3.8) is 0 Å². The zero-order chi connectivity index (χ0) is 15.1. The lowest BCUT2D eigenvalue weighted by molar-refractivity contribution is 0.394. The van der Waals surface area contributed by atoms with Crippen LogP contribution in [0.2, 0.25) is 5.15 Å². The van der Waals surface area contributed by atoms with Gasteiger partial charge in [-0.3, -0.25) is 4.99 Å². The minimum atomic E-state index is 0. The van der Waals surface area contributed by atoms with Crippen LogP contribution in [-0.4, -0.2) is 56.1 Å². The first-order valence-electron chi connectivity index (χ1n) is 7.41. The van der Waals surface area contributed by atoms with E-state index < -0.39 is 0 Å². The van der Waals surface area contributed by atoms with Gasteiger partial charge >= 0.3 is 0 Å². The highest BCUT2D eigenvalue weighted by molar-refractivity contribution is 14.0. The first kappa shape index (κ1) is 19.4. The number of guanidine groups is 1. The van der Waals surface area contributed by atoms with Crippen LogP contribution in [0.1, 0.15) is 12.0 Å². The third-order valence-corrected chi connectivity index (χ3v) is 3.99. The zero-order valence-electron chi connectivity index (χ0n) is 13.2. The summed E-state index contributed by atoms with van der Waals surface area (Å²) in [6.45, 7) is 4.17. The molecule has 0 aliphatic carbocycles. The van der Waals surface area contributed by atoms with E-state index in [0.29, 0.717) is 11.1 Å². The van der Waals surface area contributed by atoms with Gasteiger partial charge in [-0.2, -0.15) is 0 Å². The molecular formula is C15H25ClIN5. The van der Waals surface area contributed by atoms with Gasteiger partial charge in [0.2, 0.25) is 0 Å². The van der Waals surface area contributed by atoms with Crippen molar-refractivity contribution in [2.75, 3.05) is 40.3 Å². The molecular weight excluding hydrogens is 413 g/mol. The Hall–Kier alpha value is -0.600. The zero-order valence-corrected chi connectivity index (χ0v) is 16.3. The van der Waals surface area contributed by atoms with Crippen LogP contribution in [-0.2, 0) is 6.42 Å². The van der Waals surface area contributed by atoms with Crippen LogP contribution >= 0.6 is 35.6 Å². The summed E-state index contributed by atoms with van der Waals surface area (Å²) < 4.78 is 0. The summed E-state index contributed by atoms with van der Waals surface area (Å²) in [6, 6.07) is 3.82. The third-order valence-electron chi connectivity index (χ3n) is 3.77. The predicted molar refractivity (Wildman–Crippen MR) is 103 cm³/mol. The van der Waals surface area contributed by atoms with Gasteiger partial charge in [-0.1, -0.05) is 17.7 Å². The fraction of sp³-hybridized carbons (Fsp3) is 0.600. The first-order chi connectivity index (χ1) is 10.2. The summed E-state index contributed by atoms with van der Waals surface area (Å²) in [5, 5.41) is 7.27. The standard InChI is InChI=1S/C15H24ClN5.HI/c1-17-15(20-10-13-6-8-21(2)11-13)18-7-5-12-3-4-14(16)19-9-12;/h3-4,9,13H,5-8,10-11H2,1-2H3,(H2,17,18,20);1H. The largest absolute Gasteiger partial charge is 0.356 e. The van der Waals surface area contributed by atoms with E-state index >= 15 is 0 Å². The molecule has 1 aromatic rings. The summed E-state index contributed by atoms with van der Waals surface area (Å²) in [5.74, 6) is 1.58. The van der Waals surface area contributed by atoms with Crippen LogP contribution in [0.3, 0.4) is 0 Å². The van der Waals surface area contributed by atoms with Gasteiger partial charge in [0.15, 0.2) is 5.96 Å². The van der Waals surface area contributed by atoms with E-state index in [-0.39, 0.29) is 24.0 Å². The lowest BCUT2D eigenvalue weighted by Gasteiger charge is -2.15. The second-order valence-corrected chi connectivity index (χ2v) is 5.92. The monoisotopic (exact) mass is 437 g/mol. The van der Waals surface area contributed by atoms with Crippen molar-refractivity contribution < 1.29 is 0 Å². The van der Waals surface area contributed by atoms with E-state index in [0.717, 1.165) is 25.5 Å². The maximum atomic E-state index is 5.77. The SMILES string of the molecule is CN=C(NCCc1ccc(Cl)nc1)NCC1CCN(C)C1.I. The molecule has 1 aromatic heterocycles. The smallest absolute Gasteiger partial charge is 0.190 e. The first-order valence-corrected chi connectivity index (χ1v) is 7.78. The Balaban J connectivity index is 0.00000242. The minimum Gasteiger partial charge on any atom is -0.356 e. The molecule has 1 aliphatic heterocycles. The molecule has 0 saturated carbocycles. The molecule has 2 N–H and O–H groups in total. The maximum Gasteiger partial charge on any atom is 0.190 e. The molecule has 1 unspecified atom stereocenters. The molecule has 2 rings (SSSR count). The minimum absolute atomic E-state index is 0. The van der Waals surface area contributed by atoms with E-state index in [1.807, 2.05) is 18.3 Å². The number of likely N-dealkylation sites (tertiary alicyclic amines) is 1. The Labute approximate surface area is 154 Å². The van der Waals surface area contributed by atoms with Gasteiger partial charge in [0.1, 0.15) is 5.15 Å². The Bertz CT molecular complexity index is 466. The molecule has 1 atom stereocenters. The third kappa shape index (κ3) is 6.66. The summed E-state index contributed by atoms with van der Waals surface area (Å²) in [5.41, 5.74) is 1.17. The highest BCUT2D eigenvalue weighted by Crippen LogP contribution is 2.12. The molecule has 0 amide bonds. The number of hydrogen-bond acceptors (Lipinski definition) is 3. The van der Waals surface area contributed by atoms with E-state index in [1.165, 1.54) is 25.1 Å². The van der Waals surface area contributed by atoms with Gasteiger partial charge in [-0.15, -0.1) is 24.0 Å². The predicted octanol–water partition coefficient (Wildman–Crippen LogP) is 2.01. The van der Waals surface area contributed by atoms with Crippen molar-refractivity contribution in [3.8, 4) is 0 Å². The average molecular weight is 438 g/mol. The number of aliphatic imine (C=N–C) groups is 1. The highest BCUT2D eigenvalue weighted by atomic mass is 127. The summed E-state index contributed by atoms with van der Waals surface area (Å²) >= 11 is 5.77. The van der Waals surface area contributed by atoms with Crippen LogP contribution in [0.4, 0.5) is 0 Å². The molecule has 1 saturated heterocycles. The van der Waals surface area contributed by atoms with Crippen molar-refractivity contribution in [1.82, 2.24) is 20.5 Å². The lowest BCUT2D eigenvalue weighted by Crippen LogP contribution is -2.41. The second-order valence-electron chi connectivity index (χ2n) is 5.54. The van der Waals surface area contributed by atoms with Gasteiger partial charge in [0.05, 0.1) is 0 Å². The molecule has 0 aromatic carbocycles. The molecule has 7 heteroatoms. The summed E-state index contributed by atoms with van der Waals surface area (Å²) in [4.78, 5) is 10.7. The molecule has 2 heterocycles. The lowest BCUT2D eigenvalue weighted by atomic mass is 10.1. The van der Waals surface area contributed by atoms with E-state index in [4.69, 9.17) is 11.6 Å². The quantitative estimate of drug-likeness (QED) is 0.320. The van der Waals surface area contributed by atoms with E-state index in [1.54, 1.807) is 7.05 Å². The van der Waals surface area contributed by atoms with Crippen LogP contribution in [0.25, 0.3) is 0 Å². The Morgan fingerprint density at radius 2 is 2.27 bits per heavy atom. The van der Waals surface area contributed by atoms with E-state index in [2.05, 4.69) is 32.6 Å². The van der Waals surface area contributed by atoms with Crippen LogP contribution < -0.4 is 10.6 Å². The number of rotatable bonds is 5.